The molecule has 6 nitrogen and oxygen atoms in total. The Morgan fingerprint density at radius 3 is 2.62 bits per heavy atom. The third-order valence-electron chi connectivity index (χ3n) is 4.04. The Morgan fingerprint density at radius 2 is 1.92 bits per heavy atom. The highest BCUT2D eigenvalue weighted by atomic mass is 32.2. The van der Waals surface area contributed by atoms with Crippen LogP contribution in [0.5, 0.6) is 5.75 Å². The molecule has 0 unspecified atom stereocenters. The number of carbonyl (C=O) groups excluding carboxylic acids is 1. The molecular weight excluding hydrogens is 359 g/mol. The Hall–Kier alpha value is -2.45. The monoisotopic (exact) mass is 378 g/mol. The number of rotatable bonds is 5. The van der Waals surface area contributed by atoms with E-state index in [1.807, 2.05) is 6.07 Å². The second kappa shape index (κ2) is 7.43. The van der Waals surface area contributed by atoms with Crippen LogP contribution >= 0.6 is 0 Å². The number of benzene rings is 2. The van der Waals surface area contributed by atoms with Crippen LogP contribution in [0.3, 0.4) is 0 Å². The van der Waals surface area contributed by atoms with Gasteiger partial charge in [-0.05, 0) is 29.8 Å². The Kier molecular flexibility index (Phi) is 5.24. The van der Waals surface area contributed by atoms with Gasteiger partial charge in [0.25, 0.3) is 0 Å². The van der Waals surface area contributed by atoms with Crippen LogP contribution in [0.4, 0.5) is 10.1 Å². The largest absolute Gasteiger partial charge is 0.490 e. The molecule has 3 rings (SSSR count). The molecule has 138 valence electrons. The van der Waals surface area contributed by atoms with Gasteiger partial charge in [0.2, 0.25) is 15.9 Å². The molecule has 8 heteroatoms. The number of nitrogens with zero attached hydrogens (tertiary/aromatic N) is 1. The van der Waals surface area contributed by atoms with Crippen LogP contribution in [0.2, 0.25) is 0 Å². The third-order valence-corrected chi connectivity index (χ3v) is 4.75. The highest BCUT2D eigenvalue weighted by Crippen LogP contribution is 2.32. The normalized spacial score (nSPS) is 15.1. The van der Waals surface area contributed by atoms with Crippen molar-refractivity contribution in [1.82, 2.24) is 4.72 Å². The fourth-order valence-corrected chi connectivity index (χ4v) is 3.63. The standard InChI is InChI=1S/C18H19FN2O4S/c1-26(23,24)20-15(13-6-8-14(19)9-7-13)12-18(22)21-10-11-25-17-5-3-2-4-16(17)21/h2-9,15,20H,10-12H2,1H3/t15-/m1/s1. The summed E-state index contributed by atoms with van der Waals surface area (Å²) in [5, 5.41) is 0. The summed E-state index contributed by atoms with van der Waals surface area (Å²) in [4.78, 5) is 14.4. The summed E-state index contributed by atoms with van der Waals surface area (Å²) >= 11 is 0. The number of para-hydroxylation sites is 2. The Labute approximate surface area is 151 Å². The fraction of sp³-hybridized carbons (Fsp3) is 0.278. The van der Waals surface area contributed by atoms with Gasteiger partial charge in [0.1, 0.15) is 18.2 Å². The van der Waals surface area contributed by atoms with Crippen LogP contribution in [0, 0.1) is 5.82 Å². The van der Waals surface area contributed by atoms with Crippen molar-refractivity contribution in [2.24, 2.45) is 0 Å². The smallest absolute Gasteiger partial charge is 0.229 e. The molecule has 0 aliphatic carbocycles. The van der Waals surface area contributed by atoms with Crippen LogP contribution in [0.15, 0.2) is 48.5 Å². The predicted molar refractivity (Wildman–Crippen MR) is 96.0 cm³/mol. The lowest BCUT2D eigenvalue weighted by Crippen LogP contribution is -2.40. The first-order valence-corrected chi connectivity index (χ1v) is 9.97. The summed E-state index contributed by atoms with van der Waals surface area (Å²) in [5.74, 6) is -0.0620. The van der Waals surface area contributed by atoms with E-state index in [2.05, 4.69) is 4.72 Å². The summed E-state index contributed by atoms with van der Waals surface area (Å²) in [7, 11) is -3.56. The first-order valence-electron chi connectivity index (χ1n) is 8.08. The molecule has 1 aliphatic rings. The van der Waals surface area contributed by atoms with Gasteiger partial charge in [0.15, 0.2) is 0 Å². The van der Waals surface area contributed by atoms with Crippen LogP contribution in [-0.4, -0.2) is 33.7 Å². The zero-order valence-corrected chi connectivity index (χ0v) is 15.0. The van der Waals surface area contributed by atoms with Gasteiger partial charge < -0.3 is 9.64 Å². The van der Waals surface area contributed by atoms with E-state index in [-0.39, 0.29) is 12.3 Å². The third kappa shape index (κ3) is 4.39. The van der Waals surface area contributed by atoms with E-state index < -0.39 is 21.9 Å². The minimum atomic E-state index is -3.56. The van der Waals surface area contributed by atoms with Crippen LogP contribution in [0.1, 0.15) is 18.0 Å². The molecular formula is C18H19FN2O4S. The molecule has 1 N–H and O–H groups in total. The molecule has 0 bridgehead atoms. The van der Waals surface area contributed by atoms with Crippen molar-refractivity contribution < 1.29 is 22.3 Å². The van der Waals surface area contributed by atoms with E-state index in [1.54, 1.807) is 23.1 Å². The molecule has 2 aromatic rings. The molecule has 0 radical (unpaired) electrons. The number of halogens is 1. The van der Waals surface area contributed by atoms with Crippen molar-refractivity contribution in [1.29, 1.82) is 0 Å². The van der Waals surface area contributed by atoms with Crippen molar-refractivity contribution in [3.05, 3.63) is 59.9 Å². The van der Waals surface area contributed by atoms with E-state index >= 15 is 0 Å². The Balaban J connectivity index is 1.85. The van der Waals surface area contributed by atoms with Crippen molar-refractivity contribution >= 4 is 21.6 Å². The van der Waals surface area contributed by atoms with E-state index in [1.165, 1.54) is 24.3 Å². The molecule has 0 saturated heterocycles. The maximum atomic E-state index is 13.2. The summed E-state index contributed by atoms with van der Waals surface area (Å²) in [6, 6.07) is 11.8. The molecule has 1 heterocycles. The maximum Gasteiger partial charge on any atom is 0.229 e. The predicted octanol–water partition coefficient (Wildman–Crippen LogP) is 2.23. The second-order valence-electron chi connectivity index (χ2n) is 6.06. The van der Waals surface area contributed by atoms with E-state index in [0.717, 1.165) is 6.26 Å². The molecule has 0 fully saturated rings. The highest BCUT2D eigenvalue weighted by molar-refractivity contribution is 7.88. The van der Waals surface area contributed by atoms with Gasteiger partial charge in [-0.25, -0.2) is 17.5 Å². The molecule has 2 aromatic carbocycles. The highest BCUT2D eigenvalue weighted by Gasteiger charge is 2.27. The minimum absolute atomic E-state index is 0.0902. The van der Waals surface area contributed by atoms with Crippen molar-refractivity contribution in [2.75, 3.05) is 24.3 Å². The number of amides is 1. The topological polar surface area (TPSA) is 75.7 Å². The van der Waals surface area contributed by atoms with Crippen molar-refractivity contribution in [2.45, 2.75) is 12.5 Å². The second-order valence-corrected chi connectivity index (χ2v) is 7.84. The maximum absolute atomic E-state index is 13.2. The summed E-state index contributed by atoms with van der Waals surface area (Å²) in [6.07, 6.45) is 0.936. The Bertz CT molecular complexity index is 900. The molecule has 1 amide bonds. The number of fused-ring (bicyclic) bond motifs is 1. The summed E-state index contributed by atoms with van der Waals surface area (Å²) in [6.45, 7) is 0.744. The average molecular weight is 378 g/mol. The van der Waals surface area contributed by atoms with Crippen LogP contribution in [-0.2, 0) is 14.8 Å². The van der Waals surface area contributed by atoms with Gasteiger partial charge >= 0.3 is 0 Å². The number of sulfonamides is 1. The summed E-state index contributed by atoms with van der Waals surface area (Å²) in [5.41, 5.74) is 1.17. The molecule has 0 aromatic heterocycles. The molecule has 0 spiro atoms. The number of hydrogen-bond donors (Lipinski definition) is 1. The minimum Gasteiger partial charge on any atom is -0.490 e. The quantitative estimate of drug-likeness (QED) is 0.866. The number of anilines is 1. The molecule has 0 saturated carbocycles. The van der Waals surface area contributed by atoms with E-state index in [4.69, 9.17) is 4.74 Å². The van der Waals surface area contributed by atoms with Crippen molar-refractivity contribution in [3.8, 4) is 5.75 Å². The van der Waals surface area contributed by atoms with Gasteiger partial charge in [0, 0.05) is 6.42 Å². The van der Waals surface area contributed by atoms with Gasteiger partial charge in [-0.3, -0.25) is 4.79 Å². The van der Waals surface area contributed by atoms with Crippen molar-refractivity contribution in [3.63, 3.8) is 0 Å². The lowest BCUT2D eigenvalue weighted by Gasteiger charge is -2.30. The Morgan fingerprint density at radius 1 is 1.23 bits per heavy atom. The number of ether oxygens (including phenoxy) is 1. The lowest BCUT2D eigenvalue weighted by molar-refractivity contribution is -0.119. The van der Waals surface area contributed by atoms with Gasteiger partial charge in [0.05, 0.1) is 24.5 Å². The summed E-state index contributed by atoms with van der Waals surface area (Å²) < 4.78 is 44.6. The van der Waals surface area contributed by atoms with Gasteiger partial charge in [-0.2, -0.15) is 0 Å². The number of carbonyl (C=O) groups is 1. The van der Waals surface area contributed by atoms with Crippen LogP contribution < -0.4 is 14.4 Å². The van der Waals surface area contributed by atoms with E-state index in [9.17, 15) is 17.6 Å². The lowest BCUT2D eigenvalue weighted by atomic mass is 10.0. The number of nitrogens with one attached hydrogen (secondary N) is 1. The zero-order valence-electron chi connectivity index (χ0n) is 14.2. The molecule has 1 aliphatic heterocycles. The first-order chi connectivity index (χ1) is 12.3. The first kappa shape index (κ1) is 18.3. The number of hydrogen-bond acceptors (Lipinski definition) is 4. The SMILES string of the molecule is CS(=O)(=O)N[C@H](CC(=O)N1CCOc2ccccc21)c1ccc(F)cc1. The van der Waals surface area contributed by atoms with E-state index in [0.29, 0.717) is 30.2 Å². The molecule has 26 heavy (non-hydrogen) atoms. The van der Waals surface area contributed by atoms with Gasteiger partial charge in [-0.1, -0.05) is 24.3 Å². The van der Waals surface area contributed by atoms with Crippen LogP contribution in [0.25, 0.3) is 0 Å². The average Bonchev–Trinajstić information content (AvgIpc) is 2.60. The molecule has 1 atom stereocenters. The fourth-order valence-electron chi connectivity index (χ4n) is 2.89. The zero-order chi connectivity index (χ0) is 18.7. The van der Waals surface area contributed by atoms with Gasteiger partial charge in [-0.15, -0.1) is 0 Å².